The Kier molecular flexibility index (Phi) is 4.76. The predicted octanol–water partition coefficient (Wildman–Crippen LogP) is 3.90. The second-order valence-electron chi connectivity index (χ2n) is 7.24. The lowest BCUT2D eigenvalue weighted by Gasteiger charge is -2.55. The second-order valence-corrected chi connectivity index (χ2v) is 7.63. The van der Waals surface area contributed by atoms with Gasteiger partial charge < -0.3 is 4.74 Å². The molecule has 1 unspecified atom stereocenters. The fourth-order valence-corrected chi connectivity index (χ4v) is 5.15. The summed E-state index contributed by atoms with van der Waals surface area (Å²) in [6.07, 6.45) is 9.26. The molecular weight excluding hydrogens is 334 g/mol. The molecule has 0 amide bonds. The Morgan fingerprint density at radius 3 is 2.68 bits per heavy atom. The van der Waals surface area contributed by atoms with E-state index in [1.54, 1.807) is 6.20 Å². The highest BCUT2D eigenvalue weighted by Gasteiger charge is 2.53. The number of aromatic nitrogens is 2. The van der Waals surface area contributed by atoms with Crippen molar-refractivity contribution in [3.8, 4) is 0 Å². The monoisotopic (exact) mass is 357 g/mol. The Morgan fingerprint density at radius 1 is 1.24 bits per heavy atom. The van der Waals surface area contributed by atoms with Gasteiger partial charge in [0.2, 0.25) is 0 Å². The van der Waals surface area contributed by atoms with Crippen LogP contribution in [0.15, 0.2) is 42.9 Å². The van der Waals surface area contributed by atoms with E-state index >= 15 is 0 Å². The van der Waals surface area contributed by atoms with E-state index in [0.717, 1.165) is 19.6 Å². The number of methoxy groups -OCH3 is 1. The van der Waals surface area contributed by atoms with E-state index in [-0.39, 0.29) is 5.60 Å². The summed E-state index contributed by atoms with van der Waals surface area (Å²) in [5, 5.41) is 0.546. The molecule has 3 heterocycles. The number of piperidine rings is 1. The summed E-state index contributed by atoms with van der Waals surface area (Å²) in [6.45, 7) is 3.04. The van der Waals surface area contributed by atoms with Crippen LogP contribution in [0.4, 0.5) is 0 Å². The van der Waals surface area contributed by atoms with Gasteiger partial charge >= 0.3 is 0 Å². The minimum atomic E-state index is -0.240. The molecule has 0 aromatic carbocycles. The molecule has 2 fully saturated rings. The first-order chi connectivity index (χ1) is 12.2. The zero-order valence-electron chi connectivity index (χ0n) is 14.6. The molecule has 0 radical (unpaired) electrons. The van der Waals surface area contributed by atoms with Crippen LogP contribution in [0.3, 0.4) is 0 Å². The van der Waals surface area contributed by atoms with Crippen LogP contribution < -0.4 is 0 Å². The molecule has 2 bridgehead atoms. The fourth-order valence-electron chi connectivity index (χ4n) is 4.97. The van der Waals surface area contributed by atoms with Gasteiger partial charge in [0.05, 0.1) is 0 Å². The number of hydrogen-bond donors (Lipinski definition) is 0. The van der Waals surface area contributed by atoms with Crippen molar-refractivity contribution < 1.29 is 4.74 Å². The number of rotatable bonds is 4. The molecule has 1 aliphatic carbocycles. The standard InChI is InChI=1S/C20H24ClN3O/c1-25-20(16-7-9-23-19(21)10-16)17-5-2-6-18(20)14-24(13-17)12-15-4-3-8-22-11-15/h3-4,7-11,17-18H,2,5-6,12-14H2,1H3/t17-,18+,20?. The quantitative estimate of drug-likeness (QED) is 0.778. The first-order valence-corrected chi connectivity index (χ1v) is 9.38. The average molecular weight is 358 g/mol. The molecule has 1 aliphatic heterocycles. The Bertz CT molecular complexity index is 710. The highest BCUT2D eigenvalue weighted by Crippen LogP contribution is 2.51. The molecule has 2 aromatic heterocycles. The maximum atomic E-state index is 6.26. The van der Waals surface area contributed by atoms with Crippen LogP contribution in [0.2, 0.25) is 5.15 Å². The molecule has 25 heavy (non-hydrogen) atoms. The van der Waals surface area contributed by atoms with Crippen LogP contribution in [-0.4, -0.2) is 35.1 Å². The van der Waals surface area contributed by atoms with Crippen molar-refractivity contribution >= 4 is 11.6 Å². The number of ether oxygens (including phenoxy) is 1. The summed E-state index contributed by atoms with van der Waals surface area (Å²) in [5.41, 5.74) is 2.22. The molecular formula is C20H24ClN3O. The third-order valence-corrected chi connectivity index (χ3v) is 6.13. The molecule has 4 rings (SSSR count). The Labute approximate surface area is 154 Å². The van der Waals surface area contributed by atoms with Gasteiger partial charge in [-0.05, 0) is 42.2 Å². The van der Waals surface area contributed by atoms with Gasteiger partial charge in [-0.1, -0.05) is 24.1 Å². The van der Waals surface area contributed by atoms with E-state index in [9.17, 15) is 0 Å². The van der Waals surface area contributed by atoms with Crippen molar-refractivity contribution in [2.45, 2.75) is 31.4 Å². The van der Waals surface area contributed by atoms with E-state index in [1.165, 1.54) is 30.4 Å². The van der Waals surface area contributed by atoms with Gasteiger partial charge in [-0.15, -0.1) is 0 Å². The van der Waals surface area contributed by atoms with Crippen LogP contribution in [0.25, 0.3) is 0 Å². The topological polar surface area (TPSA) is 38.2 Å². The zero-order chi connectivity index (χ0) is 17.3. The van der Waals surface area contributed by atoms with Gasteiger partial charge in [0.25, 0.3) is 0 Å². The highest BCUT2D eigenvalue weighted by atomic mass is 35.5. The van der Waals surface area contributed by atoms with Crippen LogP contribution in [0.5, 0.6) is 0 Å². The number of halogens is 1. The van der Waals surface area contributed by atoms with Gasteiger partial charge in [-0.25, -0.2) is 4.98 Å². The van der Waals surface area contributed by atoms with Crippen molar-refractivity contribution in [2.24, 2.45) is 11.8 Å². The van der Waals surface area contributed by atoms with E-state index in [1.807, 2.05) is 31.6 Å². The first-order valence-electron chi connectivity index (χ1n) is 9.01. The molecule has 3 atom stereocenters. The number of hydrogen-bond acceptors (Lipinski definition) is 4. The molecule has 4 nitrogen and oxygen atoms in total. The molecule has 1 saturated carbocycles. The summed E-state index contributed by atoms with van der Waals surface area (Å²) in [7, 11) is 1.86. The molecule has 2 aliphatic rings. The van der Waals surface area contributed by atoms with E-state index in [2.05, 4.69) is 27.0 Å². The van der Waals surface area contributed by atoms with E-state index in [4.69, 9.17) is 16.3 Å². The fraction of sp³-hybridized carbons (Fsp3) is 0.500. The molecule has 1 saturated heterocycles. The van der Waals surface area contributed by atoms with Crippen molar-refractivity contribution in [2.75, 3.05) is 20.2 Å². The molecule has 0 spiro atoms. The minimum Gasteiger partial charge on any atom is -0.373 e. The van der Waals surface area contributed by atoms with Crippen LogP contribution in [0.1, 0.15) is 30.4 Å². The van der Waals surface area contributed by atoms with Gasteiger partial charge in [0.15, 0.2) is 0 Å². The van der Waals surface area contributed by atoms with Crippen molar-refractivity contribution in [3.63, 3.8) is 0 Å². The van der Waals surface area contributed by atoms with Gasteiger partial charge in [0, 0.05) is 57.2 Å². The summed E-state index contributed by atoms with van der Waals surface area (Å²) in [5.74, 6) is 0.945. The summed E-state index contributed by atoms with van der Waals surface area (Å²) < 4.78 is 6.26. The highest BCUT2D eigenvalue weighted by molar-refractivity contribution is 6.29. The summed E-state index contributed by atoms with van der Waals surface area (Å²) in [6, 6.07) is 8.24. The first kappa shape index (κ1) is 17.0. The van der Waals surface area contributed by atoms with Gasteiger partial charge in [0.1, 0.15) is 10.8 Å². The van der Waals surface area contributed by atoms with E-state index < -0.39 is 0 Å². The Hall–Kier alpha value is -1.49. The minimum absolute atomic E-state index is 0.240. The number of pyridine rings is 2. The predicted molar refractivity (Wildman–Crippen MR) is 98.3 cm³/mol. The second kappa shape index (κ2) is 7.02. The number of likely N-dealkylation sites (tertiary alicyclic amines) is 1. The van der Waals surface area contributed by atoms with Crippen LogP contribution in [0, 0.1) is 11.8 Å². The van der Waals surface area contributed by atoms with Crippen molar-refractivity contribution in [1.82, 2.24) is 14.9 Å². The molecule has 132 valence electrons. The average Bonchev–Trinajstić information content (AvgIpc) is 2.62. The number of nitrogens with zero attached hydrogens (tertiary/aromatic N) is 3. The summed E-state index contributed by atoms with van der Waals surface area (Å²) >= 11 is 6.19. The van der Waals surface area contributed by atoms with Gasteiger partial charge in [-0.3, -0.25) is 9.88 Å². The lowest BCUT2D eigenvalue weighted by atomic mass is 9.62. The van der Waals surface area contributed by atoms with Crippen molar-refractivity contribution in [1.29, 1.82) is 0 Å². The molecule has 2 aromatic rings. The maximum absolute atomic E-state index is 6.26. The largest absolute Gasteiger partial charge is 0.373 e. The van der Waals surface area contributed by atoms with Crippen LogP contribution >= 0.6 is 11.6 Å². The Morgan fingerprint density at radius 2 is 2.04 bits per heavy atom. The Balaban J connectivity index is 1.63. The lowest BCUT2D eigenvalue weighted by Crippen LogP contribution is -2.58. The third-order valence-electron chi connectivity index (χ3n) is 5.92. The van der Waals surface area contributed by atoms with Crippen molar-refractivity contribution in [3.05, 3.63) is 59.1 Å². The maximum Gasteiger partial charge on any atom is 0.129 e. The normalized spacial score (nSPS) is 29.5. The zero-order valence-corrected chi connectivity index (χ0v) is 15.3. The number of fused-ring (bicyclic) bond motifs is 2. The third kappa shape index (κ3) is 3.07. The van der Waals surface area contributed by atoms with E-state index in [0.29, 0.717) is 17.0 Å². The lowest BCUT2D eigenvalue weighted by molar-refractivity contribution is -0.170. The summed E-state index contributed by atoms with van der Waals surface area (Å²) in [4.78, 5) is 11.0. The molecule has 5 heteroatoms. The molecule has 0 N–H and O–H groups in total. The smallest absolute Gasteiger partial charge is 0.129 e. The van der Waals surface area contributed by atoms with Crippen LogP contribution in [-0.2, 0) is 16.9 Å². The van der Waals surface area contributed by atoms with Gasteiger partial charge in [-0.2, -0.15) is 0 Å². The SMILES string of the molecule is COC1(c2ccnc(Cl)c2)[C@@H]2CCC[C@H]1CN(Cc1cccnc1)C2.